The van der Waals surface area contributed by atoms with Crippen LogP contribution in [0, 0.1) is 19.7 Å². The third kappa shape index (κ3) is 3.96. The lowest BCUT2D eigenvalue weighted by molar-refractivity contribution is -0.117. The second kappa shape index (κ2) is 6.93. The summed E-state index contributed by atoms with van der Waals surface area (Å²) in [6.45, 7) is 4.46. The molecule has 130 valence electrons. The van der Waals surface area contributed by atoms with E-state index in [0.29, 0.717) is 12.2 Å². The number of carbonyl (C=O) groups excluding carboxylic acids is 2. The van der Waals surface area contributed by atoms with E-state index in [4.69, 9.17) is 0 Å². The first kappa shape index (κ1) is 17.0. The molecule has 1 aliphatic rings. The van der Waals surface area contributed by atoms with Gasteiger partial charge in [0.15, 0.2) is 0 Å². The van der Waals surface area contributed by atoms with Gasteiger partial charge in [0.25, 0.3) is 0 Å². The number of nitrogens with one attached hydrogen (secondary N) is 2. The molecule has 5 nitrogen and oxygen atoms in total. The molecule has 2 aromatic rings. The summed E-state index contributed by atoms with van der Waals surface area (Å²) in [5.41, 5.74) is 3.63. The van der Waals surface area contributed by atoms with Gasteiger partial charge < -0.3 is 15.5 Å². The first-order chi connectivity index (χ1) is 11.9. The molecule has 1 saturated heterocycles. The van der Waals surface area contributed by atoms with Crippen LogP contribution in [0.15, 0.2) is 42.5 Å². The largest absolute Gasteiger partial charge is 0.333 e. The Labute approximate surface area is 145 Å². The van der Waals surface area contributed by atoms with Gasteiger partial charge >= 0.3 is 6.03 Å². The standard InChI is InChI=1S/C19H20FN3O2/c1-12-3-8-17(9-13(12)2)23-11-16(10-18(23)24)22-19(25)21-15-6-4-14(20)5-7-15/h3-9,16H,10-11H2,1-2H3,(H2,21,22,25)/t16-/m0/s1. The zero-order valence-electron chi connectivity index (χ0n) is 14.2. The number of urea groups is 1. The summed E-state index contributed by atoms with van der Waals surface area (Å²) in [6, 6.07) is 10.7. The topological polar surface area (TPSA) is 61.4 Å². The Morgan fingerprint density at radius 1 is 1.12 bits per heavy atom. The number of amides is 3. The van der Waals surface area contributed by atoms with E-state index in [0.717, 1.165) is 11.3 Å². The van der Waals surface area contributed by atoms with E-state index < -0.39 is 6.03 Å². The number of nitrogens with zero attached hydrogens (tertiary/aromatic N) is 1. The summed E-state index contributed by atoms with van der Waals surface area (Å²) >= 11 is 0. The van der Waals surface area contributed by atoms with E-state index >= 15 is 0 Å². The number of rotatable bonds is 3. The molecule has 25 heavy (non-hydrogen) atoms. The highest BCUT2D eigenvalue weighted by atomic mass is 19.1. The Morgan fingerprint density at radius 3 is 2.52 bits per heavy atom. The minimum absolute atomic E-state index is 0.0182. The number of benzene rings is 2. The Kier molecular flexibility index (Phi) is 4.70. The summed E-state index contributed by atoms with van der Waals surface area (Å²) in [7, 11) is 0. The maximum Gasteiger partial charge on any atom is 0.319 e. The van der Waals surface area contributed by atoms with Crippen LogP contribution in [0.2, 0.25) is 0 Å². The Balaban J connectivity index is 1.61. The van der Waals surface area contributed by atoms with Crippen LogP contribution in [-0.4, -0.2) is 24.5 Å². The highest BCUT2D eigenvalue weighted by Crippen LogP contribution is 2.24. The van der Waals surface area contributed by atoms with Crippen molar-refractivity contribution < 1.29 is 14.0 Å². The molecule has 1 heterocycles. The Hall–Kier alpha value is -2.89. The fourth-order valence-corrected chi connectivity index (χ4v) is 2.83. The molecule has 0 bridgehead atoms. The number of carbonyl (C=O) groups is 2. The first-order valence-electron chi connectivity index (χ1n) is 8.13. The predicted octanol–water partition coefficient (Wildman–Crippen LogP) is 3.37. The molecule has 1 fully saturated rings. The van der Waals surface area contributed by atoms with E-state index in [1.165, 1.54) is 29.8 Å². The van der Waals surface area contributed by atoms with Crippen LogP contribution < -0.4 is 15.5 Å². The van der Waals surface area contributed by atoms with Crippen molar-refractivity contribution in [3.05, 3.63) is 59.4 Å². The number of hydrogen-bond acceptors (Lipinski definition) is 2. The molecule has 1 atom stereocenters. The molecule has 3 amide bonds. The maximum atomic E-state index is 12.9. The highest BCUT2D eigenvalue weighted by molar-refractivity contribution is 5.97. The third-order valence-electron chi connectivity index (χ3n) is 4.36. The lowest BCUT2D eigenvalue weighted by Gasteiger charge is -2.18. The number of aryl methyl sites for hydroxylation is 2. The summed E-state index contributed by atoms with van der Waals surface area (Å²) < 4.78 is 12.9. The average Bonchev–Trinajstić information content (AvgIpc) is 2.92. The quantitative estimate of drug-likeness (QED) is 0.899. The molecule has 6 heteroatoms. The fraction of sp³-hybridized carbons (Fsp3) is 0.263. The van der Waals surface area contributed by atoms with Gasteiger partial charge in [-0.25, -0.2) is 9.18 Å². The van der Waals surface area contributed by atoms with Gasteiger partial charge in [-0.2, -0.15) is 0 Å². The van der Waals surface area contributed by atoms with E-state index in [2.05, 4.69) is 10.6 Å². The lowest BCUT2D eigenvalue weighted by Crippen LogP contribution is -2.39. The molecule has 2 aromatic carbocycles. The number of halogens is 1. The second-order valence-electron chi connectivity index (χ2n) is 6.28. The summed E-state index contributed by atoms with van der Waals surface area (Å²) in [4.78, 5) is 26.0. The van der Waals surface area contributed by atoms with E-state index in [-0.39, 0.29) is 24.2 Å². The van der Waals surface area contributed by atoms with Gasteiger partial charge in [-0.15, -0.1) is 0 Å². The number of hydrogen-bond donors (Lipinski definition) is 2. The summed E-state index contributed by atoms with van der Waals surface area (Å²) in [5.74, 6) is -0.383. The van der Waals surface area contributed by atoms with Crippen LogP contribution in [0.1, 0.15) is 17.5 Å². The van der Waals surface area contributed by atoms with Crippen molar-refractivity contribution in [2.24, 2.45) is 0 Å². The van der Waals surface area contributed by atoms with Gasteiger partial charge in [-0.3, -0.25) is 4.79 Å². The summed E-state index contributed by atoms with van der Waals surface area (Å²) in [6.07, 6.45) is 0.254. The molecule has 0 saturated carbocycles. The van der Waals surface area contributed by atoms with Crippen LogP contribution in [0.5, 0.6) is 0 Å². The zero-order chi connectivity index (χ0) is 18.0. The molecule has 3 rings (SSSR count). The molecule has 0 aromatic heterocycles. The molecular weight excluding hydrogens is 321 g/mol. The van der Waals surface area contributed by atoms with Gasteiger partial charge in [-0.05, 0) is 61.4 Å². The molecule has 2 N–H and O–H groups in total. The minimum atomic E-state index is -0.411. The van der Waals surface area contributed by atoms with E-state index in [9.17, 15) is 14.0 Å². The molecule has 1 aliphatic heterocycles. The number of anilines is 2. The van der Waals surface area contributed by atoms with E-state index in [1.54, 1.807) is 4.90 Å². The fourth-order valence-electron chi connectivity index (χ4n) is 2.83. The van der Waals surface area contributed by atoms with Crippen molar-refractivity contribution in [1.29, 1.82) is 0 Å². The smallest absolute Gasteiger partial charge is 0.319 e. The monoisotopic (exact) mass is 341 g/mol. The maximum absolute atomic E-state index is 12.9. The highest BCUT2D eigenvalue weighted by Gasteiger charge is 2.31. The minimum Gasteiger partial charge on any atom is -0.333 e. The van der Waals surface area contributed by atoms with Gasteiger partial charge in [0.05, 0.1) is 6.04 Å². The molecular formula is C19H20FN3O2. The van der Waals surface area contributed by atoms with Gasteiger partial charge in [0.2, 0.25) is 5.91 Å². The average molecular weight is 341 g/mol. The van der Waals surface area contributed by atoms with Crippen molar-refractivity contribution >= 4 is 23.3 Å². The normalized spacial score (nSPS) is 16.8. The Bertz CT molecular complexity index is 805. The van der Waals surface area contributed by atoms with Crippen LogP contribution in [0.4, 0.5) is 20.6 Å². The van der Waals surface area contributed by atoms with Gasteiger partial charge in [0, 0.05) is 24.3 Å². The summed E-state index contributed by atoms with van der Waals surface area (Å²) in [5, 5.41) is 5.43. The first-order valence-corrected chi connectivity index (χ1v) is 8.13. The van der Waals surface area contributed by atoms with Crippen LogP contribution in [0.25, 0.3) is 0 Å². The Morgan fingerprint density at radius 2 is 1.84 bits per heavy atom. The van der Waals surface area contributed by atoms with Crippen LogP contribution in [0.3, 0.4) is 0 Å². The van der Waals surface area contributed by atoms with Gasteiger partial charge in [-0.1, -0.05) is 6.07 Å². The van der Waals surface area contributed by atoms with Crippen molar-refractivity contribution in [2.45, 2.75) is 26.3 Å². The van der Waals surface area contributed by atoms with Crippen LogP contribution in [-0.2, 0) is 4.79 Å². The molecule has 0 unspecified atom stereocenters. The third-order valence-corrected chi connectivity index (χ3v) is 4.36. The zero-order valence-corrected chi connectivity index (χ0v) is 14.2. The molecule has 0 spiro atoms. The lowest BCUT2D eigenvalue weighted by atomic mass is 10.1. The molecule has 0 radical (unpaired) electrons. The van der Waals surface area contributed by atoms with Gasteiger partial charge in [0.1, 0.15) is 5.82 Å². The molecule has 0 aliphatic carbocycles. The second-order valence-corrected chi connectivity index (χ2v) is 6.28. The van der Waals surface area contributed by atoms with E-state index in [1.807, 2.05) is 32.0 Å². The SMILES string of the molecule is Cc1ccc(N2C[C@@H](NC(=O)Nc3ccc(F)cc3)CC2=O)cc1C. The van der Waals surface area contributed by atoms with Crippen LogP contribution >= 0.6 is 0 Å². The predicted molar refractivity (Wildman–Crippen MR) is 95.2 cm³/mol. The van der Waals surface area contributed by atoms with Crippen molar-refractivity contribution in [1.82, 2.24) is 5.32 Å². The van der Waals surface area contributed by atoms with Crippen molar-refractivity contribution in [3.8, 4) is 0 Å². The van der Waals surface area contributed by atoms with Crippen molar-refractivity contribution in [2.75, 3.05) is 16.8 Å². The van der Waals surface area contributed by atoms with Crippen molar-refractivity contribution in [3.63, 3.8) is 0 Å².